The second kappa shape index (κ2) is 9.17. The molecule has 0 aliphatic carbocycles. The summed E-state index contributed by atoms with van der Waals surface area (Å²) in [4.78, 5) is 2.57. The molecule has 2 N–H and O–H groups in total. The molecule has 0 aromatic rings. The third-order valence-electron chi connectivity index (χ3n) is 3.46. The van der Waals surface area contributed by atoms with Crippen LogP contribution in [0.4, 0.5) is 0 Å². The molecule has 1 atom stereocenters. The summed E-state index contributed by atoms with van der Waals surface area (Å²) in [7, 11) is 0. The summed E-state index contributed by atoms with van der Waals surface area (Å²) in [6, 6.07) is 0.598. The Kier molecular flexibility index (Phi) is 9.12. The molecular formula is C13H30N2. The van der Waals surface area contributed by atoms with Gasteiger partial charge in [0.15, 0.2) is 0 Å². The highest BCUT2D eigenvalue weighted by atomic mass is 15.2. The zero-order valence-electron chi connectivity index (χ0n) is 11.1. The van der Waals surface area contributed by atoms with Gasteiger partial charge in [-0.05, 0) is 18.9 Å². The second-order valence-corrected chi connectivity index (χ2v) is 4.45. The molecule has 2 nitrogen and oxygen atoms in total. The maximum atomic E-state index is 5.85. The van der Waals surface area contributed by atoms with Crippen LogP contribution in [-0.2, 0) is 0 Å². The molecule has 0 aromatic carbocycles. The van der Waals surface area contributed by atoms with Crippen molar-refractivity contribution in [2.75, 3.05) is 19.6 Å². The molecule has 2 heteroatoms. The van der Waals surface area contributed by atoms with Crippen LogP contribution >= 0.6 is 0 Å². The molecule has 0 aliphatic rings. The fourth-order valence-electron chi connectivity index (χ4n) is 2.20. The molecule has 0 bridgehead atoms. The Bertz CT molecular complexity index is 132. The predicted molar refractivity (Wildman–Crippen MR) is 69.1 cm³/mol. The Hall–Kier alpha value is -0.0800. The number of nitrogens with zero attached hydrogens (tertiary/aromatic N) is 1. The lowest BCUT2D eigenvalue weighted by molar-refractivity contribution is 0.165. The summed E-state index contributed by atoms with van der Waals surface area (Å²) in [5.41, 5.74) is 5.85. The summed E-state index contributed by atoms with van der Waals surface area (Å²) in [5.74, 6) is 0.843. The van der Waals surface area contributed by atoms with Crippen LogP contribution < -0.4 is 5.73 Å². The molecule has 0 amide bonds. The minimum atomic E-state index is 0.598. The van der Waals surface area contributed by atoms with Crippen LogP contribution in [0, 0.1) is 5.92 Å². The van der Waals surface area contributed by atoms with E-state index in [4.69, 9.17) is 5.73 Å². The molecule has 0 heterocycles. The average molecular weight is 214 g/mol. The quantitative estimate of drug-likeness (QED) is 0.639. The molecule has 0 spiro atoms. The van der Waals surface area contributed by atoms with E-state index in [0.29, 0.717) is 6.04 Å². The van der Waals surface area contributed by atoms with Gasteiger partial charge in [0.05, 0.1) is 0 Å². The molecule has 0 fully saturated rings. The first-order valence-electron chi connectivity index (χ1n) is 6.67. The summed E-state index contributed by atoms with van der Waals surface area (Å²) >= 11 is 0. The van der Waals surface area contributed by atoms with Gasteiger partial charge in [0.1, 0.15) is 0 Å². The van der Waals surface area contributed by atoms with Gasteiger partial charge in [0.2, 0.25) is 0 Å². The molecule has 15 heavy (non-hydrogen) atoms. The van der Waals surface area contributed by atoms with Crippen LogP contribution in [0.2, 0.25) is 0 Å². The lowest BCUT2D eigenvalue weighted by atomic mass is 10.0. The van der Waals surface area contributed by atoms with Crippen molar-refractivity contribution < 1.29 is 0 Å². The van der Waals surface area contributed by atoms with Gasteiger partial charge in [-0.15, -0.1) is 0 Å². The van der Waals surface area contributed by atoms with Gasteiger partial charge in [-0.25, -0.2) is 0 Å². The van der Waals surface area contributed by atoms with Crippen LogP contribution in [0.3, 0.4) is 0 Å². The van der Waals surface area contributed by atoms with E-state index in [2.05, 4.69) is 32.6 Å². The van der Waals surface area contributed by atoms with Crippen molar-refractivity contribution in [1.82, 2.24) is 4.90 Å². The lowest BCUT2D eigenvalue weighted by Gasteiger charge is -2.32. The number of hydrogen-bond acceptors (Lipinski definition) is 2. The maximum absolute atomic E-state index is 5.85. The van der Waals surface area contributed by atoms with Crippen molar-refractivity contribution >= 4 is 0 Å². The lowest BCUT2D eigenvalue weighted by Crippen LogP contribution is -2.42. The molecule has 92 valence electrons. The van der Waals surface area contributed by atoms with Gasteiger partial charge in [-0.1, -0.05) is 47.0 Å². The van der Waals surface area contributed by atoms with Gasteiger partial charge in [0.25, 0.3) is 0 Å². The van der Waals surface area contributed by atoms with Gasteiger partial charge in [-0.2, -0.15) is 0 Å². The molecule has 0 aromatic heterocycles. The highest BCUT2D eigenvalue weighted by Gasteiger charge is 2.17. The van der Waals surface area contributed by atoms with Crippen LogP contribution in [0.1, 0.15) is 53.4 Å². The standard InChI is InChI=1S/C13H30N2/c1-5-9-13(10-14)15(8-4)11-12(6-2)7-3/h12-13H,5-11,14H2,1-4H3. The summed E-state index contributed by atoms with van der Waals surface area (Å²) in [6.45, 7) is 12.2. The van der Waals surface area contributed by atoms with E-state index < -0.39 is 0 Å². The highest BCUT2D eigenvalue weighted by Crippen LogP contribution is 2.14. The number of rotatable bonds is 9. The fraction of sp³-hybridized carbons (Fsp3) is 1.00. The van der Waals surface area contributed by atoms with Crippen molar-refractivity contribution in [2.45, 2.75) is 59.4 Å². The SMILES string of the molecule is CCCC(CN)N(CC)CC(CC)CC. The first kappa shape index (κ1) is 14.9. The average Bonchev–Trinajstić information content (AvgIpc) is 2.28. The Balaban J connectivity index is 4.17. The van der Waals surface area contributed by atoms with Gasteiger partial charge in [-0.3, -0.25) is 4.90 Å². The predicted octanol–water partition coefficient (Wildman–Crippen LogP) is 2.87. The summed E-state index contributed by atoms with van der Waals surface area (Å²) in [5, 5.41) is 0. The summed E-state index contributed by atoms with van der Waals surface area (Å²) in [6.07, 6.45) is 5.05. The fourth-order valence-corrected chi connectivity index (χ4v) is 2.20. The van der Waals surface area contributed by atoms with E-state index in [9.17, 15) is 0 Å². The molecule has 0 rings (SSSR count). The van der Waals surface area contributed by atoms with Gasteiger partial charge in [0, 0.05) is 19.1 Å². The first-order valence-corrected chi connectivity index (χ1v) is 6.67. The molecule has 0 saturated heterocycles. The van der Waals surface area contributed by atoms with Crippen molar-refractivity contribution in [3.63, 3.8) is 0 Å². The zero-order chi connectivity index (χ0) is 11.7. The summed E-state index contributed by atoms with van der Waals surface area (Å²) < 4.78 is 0. The largest absolute Gasteiger partial charge is 0.329 e. The van der Waals surface area contributed by atoms with E-state index in [1.807, 2.05) is 0 Å². The van der Waals surface area contributed by atoms with Gasteiger partial charge < -0.3 is 5.73 Å². The Morgan fingerprint density at radius 1 is 1.07 bits per heavy atom. The molecular weight excluding hydrogens is 184 g/mol. The number of likely N-dealkylation sites (N-methyl/N-ethyl adjacent to an activating group) is 1. The minimum absolute atomic E-state index is 0.598. The Labute approximate surface area is 96.2 Å². The zero-order valence-corrected chi connectivity index (χ0v) is 11.1. The molecule has 0 aliphatic heterocycles. The van der Waals surface area contributed by atoms with E-state index in [1.165, 1.54) is 32.2 Å². The molecule has 0 saturated carbocycles. The monoisotopic (exact) mass is 214 g/mol. The molecule has 1 unspecified atom stereocenters. The first-order chi connectivity index (χ1) is 7.23. The Morgan fingerprint density at radius 3 is 2.00 bits per heavy atom. The molecule has 0 radical (unpaired) electrons. The number of nitrogens with two attached hydrogens (primary N) is 1. The second-order valence-electron chi connectivity index (χ2n) is 4.45. The van der Waals surface area contributed by atoms with Gasteiger partial charge >= 0.3 is 0 Å². The van der Waals surface area contributed by atoms with Crippen molar-refractivity contribution in [3.05, 3.63) is 0 Å². The van der Waals surface area contributed by atoms with Crippen LogP contribution in [0.15, 0.2) is 0 Å². The van der Waals surface area contributed by atoms with Crippen LogP contribution in [0.5, 0.6) is 0 Å². The third kappa shape index (κ3) is 5.53. The normalized spacial score (nSPS) is 13.8. The van der Waals surface area contributed by atoms with Crippen molar-refractivity contribution in [3.8, 4) is 0 Å². The maximum Gasteiger partial charge on any atom is 0.0218 e. The van der Waals surface area contributed by atoms with Crippen molar-refractivity contribution in [1.29, 1.82) is 0 Å². The van der Waals surface area contributed by atoms with E-state index in [1.54, 1.807) is 0 Å². The topological polar surface area (TPSA) is 29.3 Å². The van der Waals surface area contributed by atoms with E-state index in [-0.39, 0.29) is 0 Å². The van der Waals surface area contributed by atoms with E-state index >= 15 is 0 Å². The minimum Gasteiger partial charge on any atom is -0.329 e. The highest BCUT2D eigenvalue weighted by molar-refractivity contribution is 4.73. The Morgan fingerprint density at radius 2 is 1.67 bits per heavy atom. The number of hydrogen-bond donors (Lipinski definition) is 1. The van der Waals surface area contributed by atoms with E-state index in [0.717, 1.165) is 19.0 Å². The van der Waals surface area contributed by atoms with Crippen LogP contribution in [0.25, 0.3) is 0 Å². The smallest absolute Gasteiger partial charge is 0.0218 e. The van der Waals surface area contributed by atoms with Crippen molar-refractivity contribution in [2.24, 2.45) is 11.7 Å². The van der Waals surface area contributed by atoms with Crippen LogP contribution in [-0.4, -0.2) is 30.6 Å². The third-order valence-corrected chi connectivity index (χ3v) is 3.46.